The summed E-state index contributed by atoms with van der Waals surface area (Å²) in [5, 5.41) is 17.4. The maximum Gasteiger partial charge on any atom is 0.273 e. The lowest BCUT2D eigenvalue weighted by Gasteiger charge is -2.19. The molecular weight excluding hydrogens is 242 g/mol. The molecule has 0 bridgehead atoms. The molecule has 0 aliphatic heterocycles. The first-order chi connectivity index (χ1) is 8.93. The van der Waals surface area contributed by atoms with Crippen LogP contribution in [0.1, 0.15) is 34.1 Å². The molecule has 2 N–H and O–H groups in total. The molecule has 1 unspecified atom stereocenters. The molecule has 0 radical (unpaired) electrons. The van der Waals surface area contributed by atoms with Crippen molar-refractivity contribution < 1.29 is 4.92 Å². The van der Waals surface area contributed by atoms with Gasteiger partial charge in [-0.1, -0.05) is 20.8 Å². The van der Waals surface area contributed by atoms with E-state index in [-0.39, 0.29) is 16.7 Å². The van der Waals surface area contributed by atoms with Crippen LogP contribution in [0.3, 0.4) is 0 Å². The third kappa shape index (κ3) is 4.77. The molecule has 106 valence electrons. The first-order valence-electron chi connectivity index (χ1n) is 6.74. The van der Waals surface area contributed by atoms with E-state index in [0.717, 1.165) is 24.3 Å². The van der Waals surface area contributed by atoms with E-state index in [2.05, 4.69) is 38.3 Å². The molecule has 0 saturated carbocycles. The van der Waals surface area contributed by atoms with Crippen LogP contribution in [0.2, 0.25) is 0 Å². The summed E-state index contributed by atoms with van der Waals surface area (Å²) in [5.74, 6) is 0.464. The summed E-state index contributed by atoms with van der Waals surface area (Å²) in [7, 11) is 0. The van der Waals surface area contributed by atoms with Gasteiger partial charge in [0.15, 0.2) is 0 Å². The zero-order chi connectivity index (χ0) is 14.4. The maximum atomic E-state index is 10.9. The van der Waals surface area contributed by atoms with Gasteiger partial charge in [0.2, 0.25) is 0 Å². The van der Waals surface area contributed by atoms with Crippen LogP contribution in [-0.4, -0.2) is 17.5 Å². The van der Waals surface area contributed by atoms with Gasteiger partial charge in [-0.05, 0) is 25.3 Å². The lowest BCUT2D eigenvalue weighted by Crippen LogP contribution is -2.21. The lowest BCUT2D eigenvalue weighted by atomic mass is 10.1. The topological polar surface area (TPSA) is 67.2 Å². The number of hydrogen-bond acceptors (Lipinski definition) is 4. The van der Waals surface area contributed by atoms with Crippen molar-refractivity contribution in [1.82, 2.24) is 0 Å². The van der Waals surface area contributed by atoms with Crippen LogP contribution in [0.25, 0.3) is 0 Å². The largest absolute Gasteiger partial charge is 0.385 e. The van der Waals surface area contributed by atoms with Crippen molar-refractivity contribution in [3.63, 3.8) is 0 Å². The van der Waals surface area contributed by atoms with Gasteiger partial charge in [-0.15, -0.1) is 0 Å². The Morgan fingerprint density at radius 2 is 1.84 bits per heavy atom. The van der Waals surface area contributed by atoms with Crippen LogP contribution in [0.4, 0.5) is 17.1 Å². The molecule has 0 aromatic heterocycles. The van der Waals surface area contributed by atoms with Crippen molar-refractivity contribution in [3.05, 3.63) is 28.3 Å². The van der Waals surface area contributed by atoms with E-state index in [0.29, 0.717) is 5.92 Å². The van der Waals surface area contributed by atoms with Gasteiger partial charge in [0.05, 0.1) is 4.92 Å². The van der Waals surface area contributed by atoms with Crippen LogP contribution in [0, 0.1) is 16.0 Å². The number of nitrogens with one attached hydrogen (secondary N) is 2. The first kappa shape index (κ1) is 15.3. The fourth-order valence-electron chi connectivity index (χ4n) is 1.60. The molecule has 5 nitrogen and oxygen atoms in total. The van der Waals surface area contributed by atoms with Gasteiger partial charge in [-0.2, -0.15) is 0 Å². The number of non-ortho nitro benzene ring substituents is 1. The van der Waals surface area contributed by atoms with Gasteiger partial charge in [0.1, 0.15) is 0 Å². The second kappa shape index (κ2) is 6.97. The van der Waals surface area contributed by atoms with Crippen LogP contribution in [-0.2, 0) is 0 Å². The van der Waals surface area contributed by atoms with Gasteiger partial charge >= 0.3 is 0 Å². The van der Waals surface area contributed by atoms with Gasteiger partial charge in [-0.25, -0.2) is 0 Å². The minimum Gasteiger partial charge on any atom is -0.385 e. The molecular formula is C14H23N3O2. The standard InChI is InChI=1S/C14H23N3O2/c1-5-6-15-12-7-13(16-11(4)10(2)3)9-14(8-12)17(18)19/h7-11,15-16H,5-6H2,1-4H3. The number of nitrogens with zero attached hydrogens (tertiary/aromatic N) is 1. The molecule has 0 aliphatic rings. The Morgan fingerprint density at radius 1 is 1.21 bits per heavy atom. The summed E-state index contributed by atoms with van der Waals surface area (Å²) in [6.07, 6.45) is 0.980. The molecule has 0 heterocycles. The van der Waals surface area contributed by atoms with Gasteiger partial charge in [0, 0.05) is 36.1 Å². The highest BCUT2D eigenvalue weighted by Crippen LogP contribution is 2.25. The van der Waals surface area contributed by atoms with Crippen molar-refractivity contribution in [1.29, 1.82) is 0 Å². The Bertz CT molecular complexity index is 433. The predicted molar refractivity (Wildman–Crippen MR) is 79.8 cm³/mol. The van der Waals surface area contributed by atoms with E-state index in [1.165, 1.54) is 0 Å². The summed E-state index contributed by atoms with van der Waals surface area (Å²) in [5.41, 5.74) is 1.68. The summed E-state index contributed by atoms with van der Waals surface area (Å²) < 4.78 is 0. The normalized spacial score (nSPS) is 12.3. The molecule has 1 atom stereocenters. The Kier molecular flexibility index (Phi) is 5.60. The second-order valence-corrected chi connectivity index (χ2v) is 5.13. The zero-order valence-electron chi connectivity index (χ0n) is 12.1. The Balaban J connectivity index is 2.95. The smallest absolute Gasteiger partial charge is 0.273 e. The van der Waals surface area contributed by atoms with E-state index < -0.39 is 0 Å². The second-order valence-electron chi connectivity index (χ2n) is 5.13. The van der Waals surface area contributed by atoms with E-state index in [9.17, 15) is 10.1 Å². The molecule has 0 amide bonds. The number of anilines is 2. The average Bonchev–Trinajstić information content (AvgIpc) is 2.35. The summed E-state index contributed by atoms with van der Waals surface area (Å²) in [6.45, 7) is 9.17. The van der Waals surface area contributed by atoms with Crippen LogP contribution >= 0.6 is 0 Å². The SMILES string of the molecule is CCCNc1cc(NC(C)C(C)C)cc([N+](=O)[O-])c1. The molecule has 0 aliphatic carbocycles. The monoisotopic (exact) mass is 265 g/mol. The van der Waals surface area contributed by atoms with Crippen LogP contribution in [0.15, 0.2) is 18.2 Å². The fourth-order valence-corrected chi connectivity index (χ4v) is 1.60. The molecule has 1 rings (SSSR count). The minimum absolute atomic E-state index is 0.111. The lowest BCUT2D eigenvalue weighted by molar-refractivity contribution is -0.384. The predicted octanol–water partition coefficient (Wildman–Crippen LogP) is 3.87. The number of hydrogen-bond donors (Lipinski definition) is 2. The minimum atomic E-state index is -0.359. The highest BCUT2D eigenvalue weighted by Gasteiger charge is 2.12. The van der Waals surface area contributed by atoms with Crippen molar-refractivity contribution in [2.75, 3.05) is 17.2 Å². The summed E-state index contributed by atoms with van der Waals surface area (Å²) >= 11 is 0. The van der Waals surface area contributed by atoms with Gasteiger partial charge in [-0.3, -0.25) is 10.1 Å². The zero-order valence-corrected chi connectivity index (χ0v) is 12.1. The Labute approximate surface area is 114 Å². The molecule has 5 heteroatoms. The van der Waals surface area contributed by atoms with E-state index in [1.54, 1.807) is 12.1 Å². The average molecular weight is 265 g/mol. The van der Waals surface area contributed by atoms with Crippen molar-refractivity contribution >= 4 is 17.1 Å². The highest BCUT2D eigenvalue weighted by molar-refractivity contribution is 5.63. The number of nitro benzene ring substituents is 1. The fraction of sp³-hybridized carbons (Fsp3) is 0.571. The number of benzene rings is 1. The van der Waals surface area contributed by atoms with Crippen LogP contribution < -0.4 is 10.6 Å². The molecule has 19 heavy (non-hydrogen) atoms. The molecule has 1 aromatic carbocycles. The van der Waals surface area contributed by atoms with E-state index in [4.69, 9.17) is 0 Å². The Hall–Kier alpha value is -1.78. The third-order valence-electron chi connectivity index (χ3n) is 3.10. The first-order valence-corrected chi connectivity index (χ1v) is 6.74. The van der Waals surface area contributed by atoms with E-state index in [1.807, 2.05) is 6.07 Å². The van der Waals surface area contributed by atoms with Crippen molar-refractivity contribution in [3.8, 4) is 0 Å². The van der Waals surface area contributed by atoms with Crippen LogP contribution in [0.5, 0.6) is 0 Å². The molecule has 1 aromatic rings. The van der Waals surface area contributed by atoms with Crippen molar-refractivity contribution in [2.45, 2.75) is 40.2 Å². The molecule has 0 spiro atoms. The van der Waals surface area contributed by atoms with Gasteiger partial charge in [0.25, 0.3) is 5.69 Å². The Morgan fingerprint density at radius 3 is 2.37 bits per heavy atom. The summed E-state index contributed by atoms with van der Waals surface area (Å²) in [6, 6.07) is 5.33. The highest BCUT2D eigenvalue weighted by atomic mass is 16.6. The third-order valence-corrected chi connectivity index (χ3v) is 3.10. The number of nitro groups is 1. The summed E-state index contributed by atoms with van der Waals surface area (Å²) in [4.78, 5) is 10.6. The molecule has 0 saturated heterocycles. The maximum absolute atomic E-state index is 10.9. The van der Waals surface area contributed by atoms with Gasteiger partial charge < -0.3 is 10.6 Å². The molecule has 0 fully saturated rings. The quantitative estimate of drug-likeness (QED) is 0.580. The number of rotatable bonds is 7. The van der Waals surface area contributed by atoms with Crippen molar-refractivity contribution in [2.24, 2.45) is 5.92 Å². The van der Waals surface area contributed by atoms with E-state index >= 15 is 0 Å².